The summed E-state index contributed by atoms with van der Waals surface area (Å²) in [5.41, 5.74) is 7.25. The van der Waals surface area contributed by atoms with Gasteiger partial charge in [0.25, 0.3) is 11.8 Å². The third kappa shape index (κ3) is 9.14. The summed E-state index contributed by atoms with van der Waals surface area (Å²) in [6, 6.07) is 13.5. The third-order valence-electron chi connectivity index (χ3n) is 11.4. The summed E-state index contributed by atoms with van der Waals surface area (Å²) in [6.45, 7) is 0.929. The van der Waals surface area contributed by atoms with Gasteiger partial charge in [-0.15, -0.1) is 0 Å². The molecule has 3 aliphatic heterocycles. The predicted octanol–water partition coefficient (Wildman–Crippen LogP) is 8.92. The molecule has 0 spiro atoms. The summed E-state index contributed by atoms with van der Waals surface area (Å²) in [5, 5.41) is 60.4. The molecule has 3 aliphatic rings. The van der Waals surface area contributed by atoms with Gasteiger partial charge in [0.05, 0.1) is 73.5 Å². The molecule has 9 rings (SSSR count). The second-order valence-electron chi connectivity index (χ2n) is 15.1. The fourth-order valence-electron chi connectivity index (χ4n) is 8.06. The number of hydrazone groups is 2. The number of benzene rings is 4. The Morgan fingerprint density at radius 1 is 0.559 bits per heavy atom. The molecule has 0 saturated carbocycles. The van der Waals surface area contributed by atoms with Crippen LogP contribution in [-0.4, -0.2) is 89.9 Å². The number of aromatic nitrogens is 2. The number of hydrogen-bond acceptors (Lipinski definition) is 12. The zero-order valence-electron chi connectivity index (χ0n) is 34.0. The normalized spacial score (nSPS) is 16.8. The number of halogens is 8. The Kier molecular flexibility index (Phi) is 15.6. The van der Waals surface area contributed by atoms with Crippen LogP contribution >= 0.6 is 92.8 Å². The molecule has 5 heterocycles. The first-order valence-corrected chi connectivity index (χ1v) is 22.6. The number of aromatic hydroxyl groups is 4. The number of amidine groups is 2. The molecule has 1 fully saturated rings. The van der Waals surface area contributed by atoms with E-state index in [-0.39, 0.29) is 157 Å². The number of piperazine rings is 1. The van der Waals surface area contributed by atoms with Gasteiger partial charge in [-0.3, -0.25) is 20.4 Å². The van der Waals surface area contributed by atoms with Crippen LogP contribution in [0.2, 0.25) is 40.2 Å². The molecule has 16 nitrogen and oxygen atoms in total. The summed E-state index contributed by atoms with van der Waals surface area (Å²) in [7, 11) is 0. The summed E-state index contributed by atoms with van der Waals surface area (Å²) >= 11 is 51.4. The molecule has 26 heteroatoms. The van der Waals surface area contributed by atoms with Crippen molar-refractivity contribution in [2.45, 2.75) is 25.2 Å². The largest absolute Gasteiger partial charge is 0.507 e. The van der Waals surface area contributed by atoms with E-state index >= 15 is 0 Å². The monoisotopic (exact) mass is 1170 g/mol. The van der Waals surface area contributed by atoms with Gasteiger partial charge in [-0.25, -0.2) is 9.97 Å². The number of nitrogens with one attached hydrogen (secondary N) is 4. The number of carbonyl (C=O) groups excluding carboxylic acids is 2. The molecule has 360 valence electrons. The summed E-state index contributed by atoms with van der Waals surface area (Å²) < 4.78 is 0. The van der Waals surface area contributed by atoms with Gasteiger partial charge in [0.1, 0.15) is 35.5 Å². The minimum Gasteiger partial charge on any atom is -0.507 e. The fraction of sp³-hybridized carbons (Fsp3) is 0.190. The molecule has 4 aromatic carbocycles. The maximum atomic E-state index is 13.1. The van der Waals surface area contributed by atoms with E-state index in [4.69, 9.17) is 103 Å². The zero-order chi connectivity index (χ0) is 46.9. The molecule has 0 aliphatic carbocycles. The average Bonchev–Trinajstić information content (AvgIpc) is 3.83. The minimum atomic E-state index is -1.03. The van der Waals surface area contributed by atoms with Crippen LogP contribution < -0.4 is 21.5 Å². The van der Waals surface area contributed by atoms with Gasteiger partial charge >= 0.3 is 0 Å². The Morgan fingerprint density at radius 2 is 0.897 bits per heavy atom. The number of amides is 2. The molecule has 6 aromatic rings. The van der Waals surface area contributed by atoms with Crippen molar-refractivity contribution in [1.29, 1.82) is 0 Å². The molecule has 2 unspecified atom stereocenters. The molecule has 1 saturated heterocycles. The number of fused-ring (bicyclic) bond motifs is 4. The van der Waals surface area contributed by atoms with Crippen LogP contribution in [0.3, 0.4) is 0 Å². The van der Waals surface area contributed by atoms with E-state index in [1.165, 1.54) is 0 Å². The fourth-order valence-corrected chi connectivity index (χ4v) is 10.2. The van der Waals surface area contributed by atoms with Crippen LogP contribution in [0.15, 0.2) is 58.7 Å². The number of para-hydroxylation sites is 2. The quantitative estimate of drug-likeness (QED) is 0.0179. The average molecular weight is 1170 g/mol. The molecule has 8 N–H and O–H groups in total. The van der Waals surface area contributed by atoms with Crippen molar-refractivity contribution in [2.75, 3.05) is 26.2 Å². The molecule has 0 bridgehead atoms. The van der Waals surface area contributed by atoms with Gasteiger partial charge < -0.3 is 40.9 Å². The first-order chi connectivity index (χ1) is 31.5. The van der Waals surface area contributed by atoms with Crippen LogP contribution in [0.25, 0.3) is 21.8 Å². The van der Waals surface area contributed by atoms with Crippen molar-refractivity contribution >= 4 is 138 Å². The Hall–Kier alpha value is -4.31. The van der Waals surface area contributed by atoms with Gasteiger partial charge in [-0.1, -0.05) is 117 Å². The van der Waals surface area contributed by atoms with Crippen molar-refractivity contribution < 1.29 is 63.0 Å². The van der Waals surface area contributed by atoms with Gasteiger partial charge in [-0.2, -0.15) is 10.2 Å². The van der Waals surface area contributed by atoms with Crippen LogP contribution in [0.4, 0.5) is 0 Å². The third-order valence-corrected chi connectivity index (χ3v) is 15.0. The Bertz CT molecular complexity index is 2940. The van der Waals surface area contributed by atoms with Crippen LogP contribution in [0.1, 0.15) is 55.3 Å². The number of hydrogen-bond donors (Lipinski definition) is 8. The first-order valence-electron chi connectivity index (χ1n) is 19.6. The SMILES string of the molecule is O=C1NC(N/N=C(/Cc2c(O)nc3ccccc3c2O)N2CCN(/C(Cc3c(O)nc4ccccc4c3O)=N\NC3NC(=O)c4c(Cl)c(Cl)c(Cl)c(Cl)c43)CC2)c2c(Cl)c(Cl)c(Cl)c(Cl)c21.[Ni].[Ni]. The zero-order valence-corrected chi connectivity index (χ0v) is 42.0. The number of nitrogens with zero attached hydrogens (tertiary/aromatic N) is 6. The first kappa shape index (κ1) is 51.5. The molecular weight excluding hydrogens is 1140 g/mol. The second kappa shape index (κ2) is 20.6. The van der Waals surface area contributed by atoms with Crippen molar-refractivity contribution in [1.82, 2.24) is 41.3 Å². The maximum Gasteiger partial charge on any atom is 0.255 e. The van der Waals surface area contributed by atoms with Crippen molar-refractivity contribution in [3.05, 3.63) is 122 Å². The molecule has 0 radical (unpaired) electrons. The topological polar surface area (TPSA) is 220 Å². The van der Waals surface area contributed by atoms with Crippen LogP contribution in [-0.2, 0) is 45.8 Å². The number of rotatable bonds is 8. The Labute approximate surface area is 445 Å². The van der Waals surface area contributed by atoms with Gasteiger partial charge in [-0.05, 0) is 24.3 Å². The number of pyridine rings is 2. The van der Waals surface area contributed by atoms with E-state index in [1.54, 1.807) is 48.5 Å². The minimum absolute atomic E-state index is 0. The van der Waals surface area contributed by atoms with Crippen LogP contribution in [0.5, 0.6) is 23.3 Å². The van der Waals surface area contributed by atoms with Crippen LogP contribution in [0, 0.1) is 0 Å². The predicted molar refractivity (Wildman–Crippen MR) is 255 cm³/mol. The second-order valence-corrected chi connectivity index (χ2v) is 18.1. The van der Waals surface area contributed by atoms with Gasteiger partial charge in [0, 0.05) is 93.9 Å². The summed E-state index contributed by atoms with van der Waals surface area (Å²) in [5.74, 6) is -1.86. The smallest absolute Gasteiger partial charge is 0.255 e. The Balaban J connectivity index is 0.00000342. The van der Waals surface area contributed by atoms with E-state index in [9.17, 15) is 30.0 Å². The van der Waals surface area contributed by atoms with Crippen molar-refractivity contribution in [2.24, 2.45) is 10.2 Å². The summed E-state index contributed by atoms with van der Waals surface area (Å²) in [4.78, 5) is 38.6. The van der Waals surface area contributed by atoms with E-state index < -0.39 is 35.9 Å². The van der Waals surface area contributed by atoms with E-state index in [0.29, 0.717) is 33.5 Å². The molecule has 68 heavy (non-hydrogen) atoms. The van der Waals surface area contributed by atoms with E-state index in [1.807, 2.05) is 9.80 Å². The summed E-state index contributed by atoms with van der Waals surface area (Å²) in [6.07, 6.45) is -2.38. The van der Waals surface area contributed by atoms with Crippen molar-refractivity contribution in [3.63, 3.8) is 0 Å². The van der Waals surface area contributed by atoms with E-state index in [0.717, 1.165) is 0 Å². The molecular formula is C42H30Cl8N10Ni2O6. The van der Waals surface area contributed by atoms with E-state index in [2.05, 4.69) is 31.5 Å². The standard InChI is InChI=1S/C42H30Cl8N10O6.2Ni/c43-27-23-25(29(45)33(49)31(27)47)41(65)53-37(23)57-55-21(13-17-35(61)15-5-1-3-7-19(15)51-39(17)63)59-9-11-60(12-10-59)22(14-18-36(62)16-6-2-4-8-20(16)52-40(18)64)56-58-38-24-26(42(66)54-38)30(46)34(50)32(48)28(24)44;;/h1-8,37-38,57-58H,9-14H2,(H,53,65)(H,54,66)(H2,51,61,63)(H2,52,62,64);;/b55-21-,56-22-;;. The molecule has 2 atom stereocenters. The van der Waals surface area contributed by atoms with Gasteiger partial charge in [0.15, 0.2) is 0 Å². The Morgan fingerprint density at radius 3 is 1.26 bits per heavy atom. The number of carbonyl (C=O) groups is 2. The maximum absolute atomic E-state index is 13.1. The molecule has 2 aromatic heterocycles. The van der Waals surface area contributed by atoms with Gasteiger partial charge in [0.2, 0.25) is 11.8 Å². The molecule has 2 amide bonds. The van der Waals surface area contributed by atoms with Crippen molar-refractivity contribution in [3.8, 4) is 23.3 Å².